The van der Waals surface area contributed by atoms with Gasteiger partial charge in [-0.25, -0.2) is 4.79 Å². The third-order valence-electron chi connectivity index (χ3n) is 5.88. The molecule has 0 spiro atoms. The van der Waals surface area contributed by atoms with Crippen LogP contribution in [0.2, 0.25) is 0 Å². The van der Waals surface area contributed by atoms with Gasteiger partial charge in [-0.3, -0.25) is 14.5 Å². The molecule has 1 heterocycles. The van der Waals surface area contributed by atoms with Crippen LogP contribution in [-0.2, 0) is 6.54 Å². The fraction of sp³-hybridized carbons (Fsp3) is 0.185. The average molecular weight is 485 g/mol. The molecule has 1 aliphatic rings. The normalized spacial score (nSPS) is 13.0. The van der Waals surface area contributed by atoms with Gasteiger partial charge in [-0.2, -0.15) is 5.26 Å². The van der Waals surface area contributed by atoms with E-state index in [-0.39, 0.29) is 23.2 Å². The highest BCUT2D eigenvalue weighted by atomic mass is 16.5. The summed E-state index contributed by atoms with van der Waals surface area (Å²) in [7, 11) is 2.97. The van der Waals surface area contributed by atoms with Gasteiger partial charge in [0.25, 0.3) is 11.8 Å². The minimum absolute atomic E-state index is 0.0841. The zero-order valence-electron chi connectivity index (χ0n) is 19.8. The summed E-state index contributed by atoms with van der Waals surface area (Å²) in [6.45, 7) is 0.296. The molecule has 0 bridgehead atoms. The molecule has 0 radical (unpaired) electrons. The molecule has 0 saturated heterocycles. The highest BCUT2D eigenvalue weighted by Crippen LogP contribution is 2.39. The highest BCUT2D eigenvalue weighted by Gasteiger charge is 2.42. The lowest BCUT2D eigenvalue weighted by Gasteiger charge is -2.25. The van der Waals surface area contributed by atoms with E-state index in [2.05, 4.69) is 16.7 Å². The van der Waals surface area contributed by atoms with Crippen LogP contribution in [0.4, 0.5) is 10.5 Å². The maximum absolute atomic E-state index is 13.5. The van der Waals surface area contributed by atoms with Gasteiger partial charge < -0.3 is 20.1 Å². The monoisotopic (exact) mass is 484 g/mol. The van der Waals surface area contributed by atoms with Gasteiger partial charge >= 0.3 is 6.03 Å². The number of rotatable bonds is 8. The van der Waals surface area contributed by atoms with Crippen molar-refractivity contribution in [2.24, 2.45) is 0 Å². The van der Waals surface area contributed by atoms with E-state index in [1.54, 1.807) is 30.3 Å². The number of methoxy groups -OCH3 is 2. The molecule has 4 amide bonds. The Morgan fingerprint density at radius 2 is 1.72 bits per heavy atom. The van der Waals surface area contributed by atoms with Crippen molar-refractivity contribution in [2.75, 3.05) is 19.5 Å². The lowest BCUT2D eigenvalue weighted by molar-refractivity contribution is 0.0584. The topological polar surface area (TPSA) is 121 Å². The van der Waals surface area contributed by atoms with Gasteiger partial charge in [0.05, 0.1) is 49.6 Å². The Balaban J connectivity index is 1.60. The molecule has 2 N–H and O–H groups in total. The number of fused-ring (bicyclic) bond motifs is 1. The van der Waals surface area contributed by atoms with Crippen molar-refractivity contribution in [1.29, 1.82) is 5.26 Å². The molecule has 0 aromatic heterocycles. The van der Waals surface area contributed by atoms with Crippen LogP contribution in [0.3, 0.4) is 0 Å². The quantitative estimate of drug-likeness (QED) is 0.461. The smallest absolute Gasteiger partial charge is 0.319 e. The van der Waals surface area contributed by atoms with Gasteiger partial charge in [0.15, 0.2) is 11.5 Å². The second-order valence-corrected chi connectivity index (χ2v) is 7.99. The van der Waals surface area contributed by atoms with Gasteiger partial charge in [0.1, 0.15) is 0 Å². The molecule has 3 aromatic carbocycles. The van der Waals surface area contributed by atoms with E-state index in [1.807, 2.05) is 30.3 Å². The molecule has 9 heteroatoms. The second-order valence-electron chi connectivity index (χ2n) is 7.99. The van der Waals surface area contributed by atoms with Crippen LogP contribution < -0.4 is 20.1 Å². The molecular weight excluding hydrogens is 460 g/mol. The summed E-state index contributed by atoms with van der Waals surface area (Å²) in [5.41, 5.74) is 1.91. The van der Waals surface area contributed by atoms with Crippen molar-refractivity contribution >= 4 is 23.5 Å². The molecule has 1 atom stereocenters. The Morgan fingerprint density at radius 3 is 2.42 bits per heavy atom. The van der Waals surface area contributed by atoms with Crippen molar-refractivity contribution in [3.8, 4) is 17.6 Å². The van der Waals surface area contributed by atoms with Crippen LogP contribution >= 0.6 is 0 Å². The first-order valence-corrected chi connectivity index (χ1v) is 11.2. The van der Waals surface area contributed by atoms with Crippen LogP contribution in [0.15, 0.2) is 66.7 Å². The standard InChI is InChI=1S/C27H24N4O5/c1-35-22-12-11-18(15-23(22)36-2)21(13-14-28)31-25(32)19-9-6-10-20(24(19)26(31)33)30-27(34)29-16-17-7-4-3-5-8-17/h3-12,15,21H,13,16H2,1-2H3,(H2,29,30,34). The van der Waals surface area contributed by atoms with Crippen molar-refractivity contribution in [2.45, 2.75) is 19.0 Å². The van der Waals surface area contributed by atoms with Crippen molar-refractivity contribution in [3.63, 3.8) is 0 Å². The number of nitrogens with one attached hydrogen (secondary N) is 2. The van der Waals surface area contributed by atoms with Crippen LogP contribution in [0.1, 0.15) is 44.3 Å². The zero-order valence-corrected chi connectivity index (χ0v) is 19.8. The molecule has 0 fully saturated rings. The molecular formula is C27H24N4O5. The highest BCUT2D eigenvalue weighted by molar-refractivity contribution is 6.24. The van der Waals surface area contributed by atoms with Gasteiger partial charge in [-0.15, -0.1) is 0 Å². The van der Waals surface area contributed by atoms with Crippen molar-refractivity contribution < 1.29 is 23.9 Å². The number of carbonyl (C=O) groups excluding carboxylic acids is 3. The summed E-state index contributed by atoms with van der Waals surface area (Å²) in [6, 6.07) is 19.7. The Hall–Kier alpha value is -4.84. The predicted octanol–water partition coefficient (Wildman–Crippen LogP) is 4.28. The minimum atomic E-state index is -0.859. The van der Waals surface area contributed by atoms with E-state index < -0.39 is 23.9 Å². The predicted molar refractivity (Wildman–Crippen MR) is 132 cm³/mol. The van der Waals surface area contributed by atoms with Crippen LogP contribution in [-0.4, -0.2) is 37.0 Å². The SMILES string of the molecule is COc1ccc(C(CC#N)N2C(=O)c3cccc(NC(=O)NCc4ccccc4)c3C2=O)cc1OC. The molecule has 9 nitrogen and oxygen atoms in total. The Morgan fingerprint density at radius 1 is 0.972 bits per heavy atom. The van der Waals surface area contributed by atoms with E-state index in [1.165, 1.54) is 20.3 Å². The van der Waals surface area contributed by atoms with E-state index >= 15 is 0 Å². The molecule has 4 rings (SSSR count). The van der Waals surface area contributed by atoms with Crippen molar-refractivity contribution in [3.05, 3.63) is 89.0 Å². The molecule has 182 valence electrons. The number of ether oxygens (including phenoxy) is 2. The number of urea groups is 1. The van der Waals surface area contributed by atoms with Crippen LogP contribution in [0.5, 0.6) is 11.5 Å². The first kappa shape index (κ1) is 24.3. The molecule has 0 saturated carbocycles. The van der Waals surface area contributed by atoms with Gasteiger partial charge in [0.2, 0.25) is 0 Å². The van der Waals surface area contributed by atoms with Gasteiger partial charge in [-0.1, -0.05) is 42.5 Å². The van der Waals surface area contributed by atoms with Gasteiger partial charge in [0, 0.05) is 6.54 Å². The summed E-state index contributed by atoms with van der Waals surface area (Å²) < 4.78 is 10.6. The van der Waals surface area contributed by atoms with Crippen molar-refractivity contribution in [1.82, 2.24) is 10.2 Å². The molecule has 36 heavy (non-hydrogen) atoms. The van der Waals surface area contributed by atoms with E-state index in [4.69, 9.17) is 9.47 Å². The lowest BCUT2D eigenvalue weighted by atomic mass is 10.0. The van der Waals surface area contributed by atoms with E-state index in [0.29, 0.717) is 23.6 Å². The lowest BCUT2D eigenvalue weighted by Crippen LogP contribution is -2.34. The summed E-state index contributed by atoms with van der Waals surface area (Å²) in [4.78, 5) is 40.5. The van der Waals surface area contributed by atoms with E-state index in [9.17, 15) is 19.6 Å². The number of carbonyl (C=O) groups is 3. The number of imide groups is 1. The maximum Gasteiger partial charge on any atom is 0.319 e. The first-order valence-electron chi connectivity index (χ1n) is 11.2. The molecule has 0 aliphatic carbocycles. The largest absolute Gasteiger partial charge is 0.493 e. The summed E-state index contributed by atoms with van der Waals surface area (Å²) in [6.07, 6.45) is -0.124. The number of amides is 4. The number of nitriles is 1. The number of nitrogens with zero attached hydrogens (tertiary/aromatic N) is 2. The maximum atomic E-state index is 13.5. The second kappa shape index (κ2) is 10.6. The number of anilines is 1. The Bertz CT molecular complexity index is 1350. The summed E-state index contributed by atoms with van der Waals surface area (Å²) >= 11 is 0. The zero-order chi connectivity index (χ0) is 25.7. The molecule has 1 unspecified atom stereocenters. The third kappa shape index (κ3) is 4.70. The van der Waals surface area contributed by atoms with E-state index in [0.717, 1.165) is 10.5 Å². The van der Waals surface area contributed by atoms with Gasteiger partial charge in [-0.05, 0) is 35.4 Å². The number of benzene rings is 3. The number of hydrogen-bond donors (Lipinski definition) is 2. The Kier molecular flexibility index (Phi) is 7.16. The fourth-order valence-corrected chi connectivity index (χ4v) is 4.14. The minimum Gasteiger partial charge on any atom is -0.493 e. The third-order valence-corrected chi connectivity index (χ3v) is 5.88. The first-order chi connectivity index (χ1) is 17.5. The Labute approximate surface area is 208 Å². The molecule has 3 aromatic rings. The number of hydrogen-bond acceptors (Lipinski definition) is 6. The molecule has 1 aliphatic heterocycles. The fourth-order valence-electron chi connectivity index (χ4n) is 4.14. The summed E-state index contributed by atoms with van der Waals surface area (Å²) in [5.74, 6) is -0.248. The average Bonchev–Trinajstić information content (AvgIpc) is 3.16. The van der Waals surface area contributed by atoms with Crippen LogP contribution in [0, 0.1) is 11.3 Å². The van der Waals surface area contributed by atoms with Crippen LogP contribution in [0.25, 0.3) is 0 Å². The summed E-state index contributed by atoms with van der Waals surface area (Å²) in [5, 5.41) is 14.9.